The topological polar surface area (TPSA) is 151 Å². The van der Waals surface area contributed by atoms with Crippen molar-refractivity contribution in [3.63, 3.8) is 0 Å². The molecule has 2 aromatic carbocycles. The number of nitrogens with one attached hydrogen (secondary N) is 1. The lowest BCUT2D eigenvalue weighted by molar-refractivity contribution is -0.286. The minimum atomic E-state index is -5.43. The van der Waals surface area contributed by atoms with Gasteiger partial charge in [0.05, 0.1) is 25.5 Å². The van der Waals surface area contributed by atoms with Gasteiger partial charge < -0.3 is 39.8 Å². The molecular weight excluding hydrogens is 625 g/mol. The summed E-state index contributed by atoms with van der Waals surface area (Å²) in [5.41, 5.74) is -1.57. The number of alkyl halides is 5. The second-order valence-corrected chi connectivity index (χ2v) is 11.3. The number of nitrogens with two attached hydrogens (primary N) is 1. The van der Waals surface area contributed by atoms with Gasteiger partial charge in [-0.25, -0.2) is 4.98 Å². The fraction of sp³-hybridized carbons (Fsp3) is 0.367. The van der Waals surface area contributed by atoms with Crippen molar-refractivity contribution < 1.29 is 60.3 Å². The maximum atomic E-state index is 14.7. The Morgan fingerprint density at radius 3 is 2.46 bits per heavy atom. The van der Waals surface area contributed by atoms with Crippen molar-refractivity contribution in [2.45, 2.75) is 49.4 Å². The second kappa shape index (κ2) is 10.6. The number of fused-ring (bicyclic) bond motifs is 2. The molecule has 4 N–H and O–H groups in total. The van der Waals surface area contributed by atoms with Crippen LogP contribution >= 0.6 is 0 Å². The van der Waals surface area contributed by atoms with E-state index in [0.717, 1.165) is 31.0 Å². The standard InChI is InChI=1S/C30H26F5N3O8/c1-27(26(36)40)13-43-24-17(27)11-22(38-23(24)14-3-8-19-21(9-14)46-30(34,35)45-19)28(41,29(31,32)33)12-37-25(39)15-4-7-18(20(10-15)42-2)44-16-5-6-16/h3-4,7-11,16,41H,5-6,12-13H2,1-2H3,(H2,36,40)(H,37,39)/t27-,28?/m0/s1. The summed E-state index contributed by atoms with van der Waals surface area (Å²) < 4.78 is 97.0. The molecule has 11 nitrogen and oxygen atoms in total. The molecule has 1 aromatic heterocycles. The quantitative estimate of drug-likeness (QED) is 0.293. The predicted molar refractivity (Wildman–Crippen MR) is 147 cm³/mol. The lowest BCUT2D eigenvalue weighted by Crippen LogP contribution is -2.51. The Morgan fingerprint density at radius 2 is 1.80 bits per heavy atom. The fourth-order valence-electron chi connectivity index (χ4n) is 5.01. The Labute approximate surface area is 257 Å². The average molecular weight is 652 g/mol. The molecule has 46 heavy (non-hydrogen) atoms. The van der Waals surface area contributed by atoms with Crippen LogP contribution in [0.5, 0.6) is 28.7 Å². The van der Waals surface area contributed by atoms with Crippen LogP contribution in [0.25, 0.3) is 11.3 Å². The van der Waals surface area contributed by atoms with Crippen molar-refractivity contribution in [2.24, 2.45) is 5.73 Å². The van der Waals surface area contributed by atoms with Crippen LogP contribution < -0.4 is 34.7 Å². The van der Waals surface area contributed by atoms with Crippen LogP contribution in [-0.4, -0.2) is 60.7 Å². The largest absolute Gasteiger partial charge is 0.586 e. The van der Waals surface area contributed by atoms with Gasteiger partial charge in [0.25, 0.3) is 5.91 Å². The second-order valence-electron chi connectivity index (χ2n) is 11.3. The summed E-state index contributed by atoms with van der Waals surface area (Å²) >= 11 is 0. The van der Waals surface area contributed by atoms with Crippen molar-refractivity contribution >= 4 is 11.8 Å². The number of hydrogen-bond acceptors (Lipinski definition) is 9. The molecule has 6 rings (SSSR count). The van der Waals surface area contributed by atoms with E-state index in [1.54, 1.807) is 0 Å². The lowest BCUT2D eigenvalue weighted by atomic mass is 9.81. The Kier molecular flexibility index (Phi) is 7.18. The first-order valence-corrected chi connectivity index (χ1v) is 13.9. The molecule has 1 unspecified atom stereocenters. The number of halogens is 5. The third-order valence-electron chi connectivity index (χ3n) is 7.93. The number of primary amides is 1. The van der Waals surface area contributed by atoms with Crippen molar-refractivity contribution in [3.8, 4) is 40.0 Å². The Hall–Kier alpha value is -4.86. The summed E-state index contributed by atoms with van der Waals surface area (Å²) in [6, 6.07) is 8.20. The maximum Gasteiger partial charge on any atom is 0.586 e. The smallest absolute Gasteiger partial charge is 0.493 e. The molecule has 3 aromatic rings. The van der Waals surface area contributed by atoms with E-state index in [2.05, 4.69) is 19.8 Å². The van der Waals surface area contributed by atoms with E-state index in [9.17, 15) is 36.6 Å². The van der Waals surface area contributed by atoms with Crippen molar-refractivity contribution in [2.75, 3.05) is 20.3 Å². The normalized spacial score (nSPS) is 20.7. The Morgan fingerprint density at radius 1 is 1.09 bits per heavy atom. The first-order chi connectivity index (χ1) is 21.5. The number of aliphatic hydroxyl groups is 1. The molecule has 0 spiro atoms. The molecule has 1 fully saturated rings. The average Bonchev–Trinajstić information content (AvgIpc) is 3.66. The predicted octanol–water partition coefficient (Wildman–Crippen LogP) is 3.94. The highest BCUT2D eigenvalue weighted by Crippen LogP contribution is 2.50. The molecular formula is C30H26F5N3O8. The monoisotopic (exact) mass is 651 g/mol. The van der Waals surface area contributed by atoms with Gasteiger partial charge in [0.1, 0.15) is 23.5 Å². The number of benzene rings is 2. The zero-order chi connectivity index (χ0) is 33.2. The summed E-state index contributed by atoms with van der Waals surface area (Å²) in [5, 5.41) is 13.3. The molecule has 244 valence electrons. The maximum absolute atomic E-state index is 14.7. The van der Waals surface area contributed by atoms with Crippen LogP contribution in [0.2, 0.25) is 0 Å². The highest BCUT2D eigenvalue weighted by molar-refractivity contribution is 5.95. The molecule has 1 saturated carbocycles. The summed E-state index contributed by atoms with van der Waals surface area (Å²) in [5.74, 6) is -2.35. The molecule has 2 atom stereocenters. The van der Waals surface area contributed by atoms with Crippen LogP contribution in [0.15, 0.2) is 42.5 Å². The number of nitrogens with zero attached hydrogens (tertiary/aromatic N) is 1. The number of aromatic nitrogens is 1. The van der Waals surface area contributed by atoms with E-state index in [1.807, 2.05) is 0 Å². The number of ether oxygens (including phenoxy) is 5. The van der Waals surface area contributed by atoms with Crippen LogP contribution in [-0.2, 0) is 15.8 Å². The SMILES string of the molecule is COc1cc(C(=O)NCC(O)(c2cc3c(c(-c4ccc5c(c4)OC(F)(F)O5)n2)OC[C@]3(C)C(N)=O)C(F)(F)F)ccc1OC1CC1. The van der Waals surface area contributed by atoms with E-state index in [-0.39, 0.29) is 52.3 Å². The highest BCUT2D eigenvalue weighted by atomic mass is 19.4. The molecule has 0 bridgehead atoms. The Bertz CT molecular complexity index is 1750. The van der Waals surface area contributed by atoms with Gasteiger partial charge in [-0.15, -0.1) is 8.78 Å². The minimum Gasteiger partial charge on any atom is -0.493 e. The molecule has 0 radical (unpaired) electrons. The van der Waals surface area contributed by atoms with E-state index in [1.165, 1.54) is 38.3 Å². The number of carbonyl (C=O) groups is 2. The third-order valence-corrected chi connectivity index (χ3v) is 7.93. The van der Waals surface area contributed by atoms with Gasteiger partial charge in [0.15, 0.2) is 23.0 Å². The number of amides is 2. The van der Waals surface area contributed by atoms with Crippen LogP contribution in [0.3, 0.4) is 0 Å². The van der Waals surface area contributed by atoms with Crippen LogP contribution in [0.1, 0.15) is 41.4 Å². The highest BCUT2D eigenvalue weighted by Gasteiger charge is 2.58. The first-order valence-electron chi connectivity index (χ1n) is 13.9. The zero-order valence-corrected chi connectivity index (χ0v) is 24.2. The van der Waals surface area contributed by atoms with Gasteiger partial charge in [0, 0.05) is 16.7 Å². The van der Waals surface area contributed by atoms with E-state index in [0.29, 0.717) is 5.75 Å². The molecule has 3 heterocycles. The molecule has 2 amide bonds. The van der Waals surface area contributed by atoms with Crippen molar-refractivity contribution in [3.05, 3.63) is 59.3 Å². The molecule has 1 aliphatic carbocycles. The van der Waals surface area contributed by atoms with E-state index in [4.69, 9.17) is 19.9 Å². The summed E-state index contributed by atoms with van der Waals surface area (Å²) in [6.07, 6.45) is -7.69. The molecule has 16 heteroatoms. The number of carbonyl (C=O) groups excluding carboxylic acids is 2. The third kappa shape index (κ3) is 5.35. The van der Waals surface area contributed by atoms with E-state index >= 15 is 0 Å². The van der Waals surface area contributed by atoms with Crippen molar-refractivity contribution in [1.29, 1.82) is 0 Å². The molecule has 2 aliphatic heterocycles. The van der Waals surface area contributed by atoms with Gasteiger partial charge >= 0.3 is 12.5 Å². The molecule has 3 aliphatic rings. The number of pyridine rings is 1. The van der Waals surface area contributed by atoms with Gasteiger partial charge in [-0.2, -0.15) is 13.2 Å². The van der Waals surface area contributed by atoms with E-state index < -0.39 is 53.3 Å². The van der Waals surface area contributed by atoms with Gasteiger partial charge in [0.2, 0.25) is 11.5 Å². The minimum absolute atomic E-state index is 0.0144. The summed E-state index contributed by atoms with van der Waals surface area (Å²) in [4.78, 5) is 29.5. The number of methoxy groups -OCH3 is 1. The Balaban J connectivity index is 1.39. The number of rotatable bonds is 9. The fourth-order valence-corrected chi connectivity index (χ4v) is 5.01. The molecule has 0 saturated heterocycles. The lowest BCUT2D eigenvalue weighted by Gasteiger charge is -2.31. The van der Waals surface area contributed by atoms with Gasteiger partial charge in [-0.3, -0.25) is 9.59 Å². The zero-order valence-electron chi connectivity index (χ0n) is 24.2. The summed E-state index contributed by atoms with van der Waals surface area (Å²) in [7, 11) is 1.34. The van der Waals surface area contributed by atoms with Crippen molar-refractivity contribution in [1.82, 2.24) is 10.3 Å². The van der Waals surface area contributed by atoms with Crippen LogP contribution in [0, 0.1) is 0 Å². The van der Waals surface area contributed by atoms with Gasteiger partial charge in [-0.1, -0.05) is 0 Å². The summed E-state index contributed by atoms with van der Waals surface area (Å²) in [6.45, 7) is -0.472. The van der Waals surface area contributed by atoms with Crippen LogP contribution in [0.4, 0.5) is 22.0 Å². The number of hydrogen-bond donors (Lipinski definition) is 3. The van der Waals surface area contributed by atoms with Gasteiger partial charge in [-0.05, 0) is 62.2 Å². The first kappa shape index (κ1) is 31.1.